The molecule has 1 heterocycles. The second-order valence-corrected chi connectivity index (χ2v) is 4.33. The Morgan fingerprint density at radius 3 is 2.47 bits per heavy atom. The van der Waals surface area contributed by atoms with Gasteiger partial charge in [0.25, 0.3) is 0 Å². The van der Waals surface area contributed by atoms with Crippen LogP contribution < -0.4 is 9.38 Å². The molecule has 0 N–H and O–H groups in total. The van der Waals surface area contributed by atoms with Crippen molar-refractivity contribution >= 4 is 11.3 Å². The molecule has 0 fully saturated rings. The fourth-order valence-electron chi connectivity index (χ4n) is 1.30. The van der Waals surface area contributed by atoms with Crippen molar-refractivity contribution in [2.75, 3.05) is 14.1 Å². The van der Waals surface area contributed by atoms with Crippen molar-refractivity contribution < 1.29 is 0 Å². The van der Waals surface area contributed by atoms with Crippen LogP contribution in [0.1, 0.15) is 0 Å². The highest BCUT2D eigenvalue weighted by molar-refractivity contribution is 7.06. The highest BCUT2D eigenvalue weighted by Gasteiger charge is 2.04. The van der Waals surface area contributed by atoms with E-state index >= 15 is 0 Å². The summed E-state index contributed by atoms with van der Waals surface area (Å²) in [5.41, 5.74) is 2.19. The maximum atomic E-state index is 4.59. The van der Waals surface area contributed by atoms with Crippen molar-refractivity contribution in [1.82, 2.24) is 9.56 Å². The van der Waals surface area contributed by atoms with Gasteiger partial charge in [0.15, 0.2) is 5.69 Å². The highest BCUT2D eigenvalue weighted by atomic mass is 32.1. The van der Waals surface area contributed by atoms with Gasteiger partial charge in [0.2, 0.25) is 0 Å². The van der Waals surface area contributed by atoms with E-state index in [0.717, 1.165) is 16.1 Å². The maximum absolute atomic E-state index is 4.59. The Bertz CT molecular complexity index is 510. The van der Waals surface area contributed by atoms with Gasteiger partial charge in [-0.1, -0.05) is 41.7 Å². The standard InChI is InChI=1S/C12H13N2S/c1-14(2)12-13-11(8-9-15-12)10-6-4-3-5-7-10/h3-9H,1-2H3/q+1. The Morgan fingerprint density at radius 1 is 1.07 bits per heavy atom. The topological polar surface area (TPSA) is 15.9 Å². The summed E-state index contributed by atoms with van der Waals surface area (Å²) >= 11 is 1.64. The molecule has 0 amide bonds. The SMILES string of the molecule is C[N+](C)=c1nc(-c2ccccc2)ccs1. The second-order valence-electron chi connectivity index (χ2n) is 3.46. The molecule has 76 valence electrons. The van der Waals surface area contributed by atoms with Crippen molar-refractivity contribution in [3.63, 3.8) is 0 Å². The van der Waals surface area contributed by atoms with E-state index in [0.29, 0.717) is 0 Å². The van der Waals surface area contributed by atoms with Crippen LogP contribution in [0.4, 0.5) is 0 Å². The van der Waals surface area contributed by atoms with Crippen LogP contribution in [0.5, 0.6) is 0 Å². The van der Waals surface area contributed by atoms with Crippen LogP contribution >= 0.6 is 11.3 Å². The average Bonchev–Trinajstić information content (AvgIpc) is 2.30. The molecule has 0 atom stereocenters. The molecule has 1 aromatic carbocycles. The Kier molecular flexibility index (Phi) is 2.92. The smallest absolute Gasteiger partial charge is 0.255 e. The van der Waals surface area contributed by atoms with E-state index in [1.807, 2.05) is 42.9 Å². The van der Waals surface area contributed by atoms with Crippen molar-refractivity contribution in [2.24, 2.45) is 0 Å². The van der Waals surface area contributed by atoms with E-state index in [-0.39, 0.29) is 0 Å². The molecule has 2 aromatic rings. The fraction of sp³-hybridized carbons (Fsp3) is 0.167. The third kappa shape index (κ3) is 2.30. The van der Waals surface area contributed by atoms with Gasteiger partial charge in [-0.15, -0.1) is 0 Å². The molecule has 15 heavy (non-hydrogen) atoms. The molecule has 0 aliphatic heterocycles. The summed E-state index contributed by atoms with van der Waals surface area (Å²) in [6.07, 6.45) is 0. The van der Waals surface area contributed by atoms with Crippen molar-refractivity contribution in [3.8, 4) is 11.3 Å². The molecule has 2 rings (SSSR count). The molecule has 0 spiro atoms. The summed E-state index contributed by atoms with van der Waals surface area (Å²) in [6, 6.07) is 12.3. The minimum atomic E-state index is 1.02. The summed E-state index contributed by atoms with van der Waals surface area (Å²) in [7, 11) is 4.02. The molecule has 0 aliphatic rings. The van der Waals surface area contributed by atoms with Crippen LogP contribution in [-0.2, 0) is 0 Å². The van der Waals surface area contributed by atoms with E-state index < -0.39 is 0 Å². The Hall–Kier alpha value is -1.48. The van der Waals surface area contributed by atoms with Gasteiger partial charge in [0, 0.05) is 17.0 Å². The molecule has 1 aromatic heterocycles. The zero-order chi connectivity index (χ0) is 10.7. The van der Waals surface area contributed by atoms with Crippen LogP contribution in [0.2, 0.25) is 0 Å². The van der Waals surface area contributed by atoms with E-state index in [1.54, 1.807) is 11.3 Å². The lowest BCUT2D eigenvalue weighted by molar-refractivity contribution is 0.801. The largest absolute Gasteiger partial charge is 0.377 e. The third-order valence-corrected chi connectivity index (χ3v) is 3.01. The van der Waals surface area contributed by atoms with Crippen LogP contribution in [0.15, 0.2) is 41.8 Å². The molecule has 0 saturated heterocycles. The van der Waals surface area contributed by atoms with E-state index in [1.165, 1.54) is 0 Å². The summed E-state index contributed by atoms with van der Waals surface area (Å²) in [5.74, 6) is 0. The monoisotopic (exact) mass is 217 g/mol. The number of hydrogen-bond donors (Lipinski definition) is 0. The average molecular weight is 217 g/mol. The lowest BCUT2D eigenvalue weighted by Crippen LogP contribution is -2.22. The zero-order valence-electron chi connectivity index (χ0n) is 8.84. The minimum Gasteiger partial charge on any atom is -0.255 e. The zero-order valence-corrected chi connectivity index (χ0v) is 9.66. The van der Waals surface area contributed by atoms with E-state index in [2.05, 4.69) is 22.5 Å². The van der Waals surface area contributed by atoms with Gasteiger partial charge in [-0.2, -0.15) is 0 Å². The molecule has 0 unspecified atom stereocenters. The van der Waals surface area contributed by atoms with E-state index in [4.69, 9.17) is 0 Å². The molecule has 3 heteroatoms. The highest BCUT2D eigenvalue weighted by Crippen LogP contribution is 2.14. The van der Waals surface area contributed by atoms with Crippen molar-refractivity contribution in [3.05, 3.63) is 46.6 Å². The van der Waals surface area contributed by atoms with Crippen LogP contribution in [0.25, 0.3) is 11.3 Å². The Balaban J connectivity index is 2.56. The first-order valence-corrected chi connectivity index (χ1v) is 5.67. The summed E-state index contributed by atoms with van der Waals surface area (Å²) in [5, 5.41) is 2.07. The fourth-order valence-corrected chi connectivity index (χ4v) is 1.98. The predicted octanol–water partition coefficient (Wildman–Crippen LogP) is 1.84. The predicted molar refractivity (Wildman–Crippen MR) is 64.7 cm³/mol. The minimum absolute atomic E-state index is 1.02. The lowest BCUT2D eigenvalue weighted by Gasteiger charge is -1.93. The van der Waals surface area contributed by atoms with Crippen LogP contribution in [0.3, 0.4) is 0 Å². The molecule has 0 radical (unpaired) electrons. The van der Waals surface area contributed by atoms with Gasteiger partial charge in [-0.05, 0) is 4.98 Å². The summed E-state index contributed by atoms with van der Waals surface area (Å²) < 4.78 is 2.02. The van der Waals surface area contributed by atoms with Gasteiger partial charge in [0.05, 0.1) is 14.1 Å². The summed E-state index contributed by atoms with van der Waals surface area (Å²) in [4.78, 5) is 5.61. The number of benzene rings is 1. The first kappa shape index (κ1) is 10.1. The van der Waals surface area contributed by atoms with Gasteiger partial charge in [-0.3, -0.25) is 4.58 Å². The van der Waals surface area contributed by atoms with Crippen molar-refractivity contribution in [1.29, 1.82) is 0 Å². The van der Waals surface area contributed by atoms with E-state index in [9.17, 15) is 0 Å². The van der Waals surface area contributed by atoms with Crippen molar-refractivity contribution in [2.45, 2.75) is 0 Å². The van der Waals surface area contributed by atoms with Gasteiger partial charge >= 0.3 is 4.80 Å². The molecule has 0 bridgehead atoms. The van der Waals surface area contributed by atoms with Crippen LogP contribution in [-0.4, -0.2) is 19.1 Å². The molecular weight excluding hydrogens is 204 g/mol. The number of nitrogens with zero attached hydrogens (tertiary/aromatic N) is 2. The molecule has 0 aliphatic carbocycles. The lowest BCUT2D eigenvalue weighted by atomic mass is 10.2. The van der Waals surface area contributed by atoms with Gasteiger partial charge < -0.3 is 0 Å². The van der Waals surface area contributed by atoms with Crippen LogP contribution in [0, 0.1) is 0 Å². The van der Waals surface area contributed by atoms with Gasteiger partial charge in [0.1, 0.15) is 0 Å². The normalized spacial score (nSPS) is 10.0. The number of rotatable bonds is 1. The second kappa shape index (κ2) is 4.36. The molecular formula is C12H13N2S+. The first-order valence-electron chi connectivity index (χ1n) is 4.79. The molecule has 2 nitrogen and oxygen atoms in total. The number of hydrogen-bond acceptors (Lipinski definition) is 2. The number of aromatic nitrogens is 1. The first-order chi connectivity index (χ1) is 7.27. The quantitative estimate of drug-likeness (QED) is 0.666. The van der Waals surface area contributed by atoms with Gasteiger partial charge in [-0.25, -0.2) is 0 Å². The maximum Gasteiger partial charge on any atom is 0.377 e. The molecule has 0 saturated carbocycles. The Morgan fingerprint density at radius 2 is 1.80 bits per heavy atom. The third-order valence-electron chi connectivity index (χ3n) is 2.07. The Labute approximate surface area is 93.2 Å². The summed E-state index contributed by atoms with van der Waals surface area (Å²) in [6.45, 7) is 0.